The van der Waals surface area contributed by atoms with Crippen molar-refractivity contribution in [3.05, 3.63) is 35.0 Å². The van der Waals surface area contributed by atoms with Crippen LogP contribution in [0.4, 0.5) is 5.69 Å². The van der Waals surface area contributed by atoms with E-state index in [1.54, 1.807) is 23.5 Å². The first-order valence-electron chi connectivity index (χ1n) is 7.88. The molecule has 0 unspecified atom stereocenters. The number of carbonyl (C=O) groups is 1. The molecule has 23 heavy (non-hydrogen) atoms. The first kappa shape index (κ1) is 16.0. The second-order valence-corrected chi connectivity index (χ2v) is 7.02. The van der Waals surface area contributed by atoms with E-state index in [4.69, 9.17) is 5.11 Å². The minimum absolute atomic E-state index is 0.0645. The molecule has 1 heterocycles. The SMILES string of the molecule is O=C(O)Cc1ccc(-c2cnc(C3CCCCC3)s2)c(NO)c1. The van der Waals surface area contributed by atoms with Crippen LogP contribution in [-0.4, -0.2) is 21.3 Å². The quantitative estimate of drug-likeness (QED) is 0.712. The van der Waals surface area contributed by atoms with Gasteiger partial charge < -0.3 is 5.11 Å². The molecule has 3 N–H and O–H groups in total. The lowest BCUT2D eigenvalue weighted by Gasteiger charge is -2.18. The van der Waals surface area contributed by atoms with E-state index in [9.17, 15) is 10.0 Å². The first-order valence-corrected chi connectivity index (χ1v) is 8.70. The zero-order valence-corrected chi connectivity index (χ0v) is 13.6. The molecule has 0 aliphatic heterocycles. The summed E-state index contributed by atoms with van der Waals surface area (Å²) in [5.74, 6) is -0.335. The molecule has 0 saturated heterocycles. The second-order valence-electron chi connectivity index (χ2n) is 5.96. The minimum Gasteiger partial charge on any atom is -0.481 e. The van der Waals surface area contributed by atoms with Gasteiger partial charge in [0.25, 0.3) is 0 Å². The lowest BCUT2D eigenvalue weighted by molar-refractivity contribution is -0.136. The van der Waals surface area contributed by atoms with Crippen molar-refractivity contribution in [3.63, 3.8) is 0 Å². The van der Waals surface area contributed by atoms with Gasteiger partial charge in [-0.05, 0) is 24.5 Å². The fraction of sp³-hybridized carbons (Fsp3) is 0.412. The zero-order chi connectivity index (χ0) is 16.2. The van der Waals surface area contributed by atoms with E-state index in [0.717, 1.165) is 10.4 Å². The molecular formula is C17H20N2O3S. The van der Waals surface area contributed by atoms with E-state index >= 15 is 0 Å². The summed E-state index contributed by atoms with van der Waals surface area (Å²) in [6, 6.07) is 5.29. The number of aliphatic carboxylic acids is 1. The largest absolute Gasteiger partial charge is 0.481 e. The molecular weight excluding hydrogens is 312 g/mol. The van der Waals surface area contributed by atoms with Crippen LogP contribution in [0.1, 0.15) is 48.6 Å². The molecule has 0 atom stereocenters. The number of benzene rings is 1. The lowest BCUT2D eigenvalue weighted by atomic mass is 9.90. The number of anilines is 1. The highest BCUT2D eigenvalue weighted by Gasteiger charge is 2.20. The fourth-order valence-corrected chi connectivity index (χ4v) is 4.26. The number of thiazole rings is 1. The molecule has 0 radical (unpaired) electrons. The molecule has 0 spiro atoms. The van der Waals surface area contributed by atoms with E-state index in [1.165, 1.54) is 37.1 Å². The van der Waals surface area contributed by atoms with Crippen molar-refractivity contribution >= 4 is 23.0 Å². The van der Waals surface area contributed by atoms with Gasteiger partial charge in [0.1, 0.15) is 0 Å². The molecule has 1 aliphatic carbocycles. The second kappa shape index (κ2) is 7.10. The molecule has 1 aromatic carbocycles. The van der Waals surface area contributed by atoms with Crippen LogP contribution in [0.15, 0.2) is 24.4 Å². The highest BCUT2D eigenvalue weighted by Crippen LogP contribution is 2.39. The van der Waals surface area contributed by atoms with Crippen LogP contribution in [0.5, 0.6) is 0 Å². The van der Waals surface area contributed by atoms with E-state index in [-0.39, 0.29) is 6.42 Å². The Labute approximate surface area is 139 Å². The molecule has 5 nitrogen and oxygen atoms in total. The van der Waals surface area contributed by atoms with Crippen molar-refractivity contribution in [3.8, 4) is 10.4 Å². The number of nitrogens with one attached hydrogen (secondary N) is 1. The predicted molar refractivity (Wildman–Crippen MR) is 90.1 cm³/mol. The number of aromatic nitrogens is 1. The van der Waals surface area contributed by atoms with Crippen molar-refractivity contribution in [1.82, 2.24) is 4.98 Å². The van der Waals surface area contributed by atoms with Crippen molar-refractivity contribution in [2.45, 2.75) is 44.4 Å². The molecule has 0 bridgehead atoms. The fourth-order valence-electron chi connectivity index (χ4n) is 3.13. The van der Waals surface area contributed by atoms with Gasteiger partial charge in [0.15, 0.2) is 0 Å². The number of hydrogen-bond donors (Lipinski definition) is 3. The van der Waals surface area contributed by atoms with Crippen LogP contribution in [0.3, 0.4) is 0 Å². The average Bonchev–Trinajstić information content (AvgIpc) is 3.05. The molecule has 1 aromatic heterocycles. The number of nitrogens with zero attached hydrogens (tertiary/aromatic N) is 1. The van der Waals surface area contributed by atoms with Gasteiger partial charge in [-0.25, -0.2) is 4.98 Å². The summed E-state index contributed by atoms with van der Waals surface area (Å²) in [6.45, 7) is 0. The third-order valence-corrected chi connectivity index (χ3v) is 5.50. The summed E-state index contributed by atoms with van der Waals surface area (Å²) in [4.78, 5) is 16.4. The van der Waals surface area contributed by atoms with E-state index in [2.05, 4.69) is 10.5 Å². The Morgan fingerprint density at radius 3 is 2.78 bits per heavy atom. The van der Waals surface area contributed by atoms with Crippen molar-refractivity contribution in [1.29, 1.82) is 0 Å². The molecule has 6 heteroatoms. The number of rotatable bonds is 5. The standard InChI is InChI=1S/C17H20N2O3S/c20-16(21)9-11-6-7-13(14(8-11)19-22)15-10-18-17(23-15)12-4-2-1-3-5-12/h6-8,10,12,19,22H,1-5,9H2,(H,20,21). The Kier molecular flexibility index (Phi) is 4.93. The normalized spacial score (nSPS) is 15.5. The maximum absolute atomic E-state index is 10.8. The van der Waals surface area contributed by atoms with Crippen LogP contribution in [0, 0.1) is 0 Å². The third kappa shape index (κ3) is 3.71. The average molecular weight is 332 g/mol. The Morgan fingerprint density at radius 2 is 2.09 bits per heavy atom. The summed E-state index contributed by atoms with van der Waals surface area (Å²) in [7, 11) is 0. The van der Waals surface area contributed by atoms with Crippen LogP contribution in [0.2, 0.25) is 0 Å². The molecule has 2 aromatic rings. The maximum Gasteiger partial charge on any atom is 0.307 e. The van der Waals surface area contributed by atoms with Gasteiger partial charge in [-0.1, -0.05) is 31.4 Å². The van der Waals surface area contributed by atoms with Gasteiger partial charge in [-0.15, -0.1) is 11.3 Å². The molecule has 3 rings (SSSR count). The first-order chi connectivity index (χ1) is 11.2. The van der Waals surface area contributed by atoms with Gasteiger partial charge in [-0.3, -0.25) is 15.5 Å². The Balaban J connectivity index is 1.86. The van der Waals surface area contributed by atoms with E-state index in [1.807, 2.05) is 12.3 Å². The summed E-state index contributed by atoms with van der Waals surface area (Å²) in [6.07, 6.45) is 8.05. The Bertz CT molecular complexity index is 693. The van der Waals surface area contributed by atoms with Gasteiger partial charge in [0.2, 0.25) is 0 Å². The highest BCUT2D eigenvalue weighted by molar-refractivity contribution is 7.15. The van der Waals surface area contributed by atoms with Crippen LogP contribution < -0.4 is 5.48 Å². The van der Waals surface area contributed by atoms with Crippen molar-refractivity contribution in [2.75, 3.05) is 5.48 Å². The zero-order valence-electron chi connectivity index (χ0n) is 12.8. The van der Waals surface area contributed by atoms with Gasteiger partial charge >= 0.3 is 5.97 Å². The predicted octanol–water partition coefficient (Wildman–Crippen LogP) is 4.29. The highest BCUT2D eigenvalue weighted by atomic mass is 32.1. The van der Waals surface area contributed by atoms with Gasteiger partial charge in [0, 0.05) is 17.7 Å². The van der Waals surface area contributed by atoms with Crippen LogP contribution in [-0.2, 0) is 11.2 Å². The number of hydrogen-bond acceptors (Lipinski definition) is 5. The smallest absolute Gasteiger partial charge is 0.307 e. The van der Waals surface area contributed by atoms with Gasteiger partial charge in [-0.2, -0.15) is 0 Å². The van der Waals surface area contributed by atoms with Gasteiger partial charge in [0.05, 0.1) is 22.0 Å². The summed E-state index contributed by atoms with van der Waals surface area (Å²) in [5, 5.41) is 19.4. The number of carboxylic acid groups (broad SMARTS) is 1. The van der Waals surface area contributed by atoms with E-state index < -0.39 is 5.97 Å². The maximum atomic E-state index is 10.8. The molecule has 1 saturated carbocycles. The third-order valence-electron chi connectivity index (χ3n) is 4.30. The monoisotopic (exact) mass is 332 g/mol. The summed E-state index contributed by atoms with van der Waals surface area (Å²) < 4.78 is 0. The van der Waals surface area contributed by atoms with Crippen molar-refractivity contribution < 1.29 is 15.1 Å². The topological polar surface area (TPSA) is 82.5 Å². The minimum atomic E-state index is -0.890. The summed E-state index contributed by atoms with van der Waals surface area (Å²) in [5.41, 5.74) is 4.20. The summed E-state index contributed by atoms with van der Waals surface area (Å²) >= 11 is 1.66. The molecule has 122 valence electrons. The molecule has 0 amide bonds. The van der Waals surface area contributed by atoms with Crippen LogP contribution in [0.25, 0.3) is 10.4 Å². The Hall–Kier alpha value is -1.92. The van der Waals surface area contributed by atoms with Crippen molar-refractivity contribution in [2.24, 2.45) is 0 Å². The number of carboxylic acids is 1. The molecule has 1 aliphatic rings. The lowest BCUT2D eigenvalue weighted by Crippen LogP contribution is -2.03. The van der Waals surface area contributed by atoms with E-state index in [0.29, 0.717) is 17.2 Å². The molecule has 1 fully saturated rings. The van der Waals surface area contributed by atoms with Crippen LogP contribution >= 0.6 is 11.3 Å². The Morgan fingerprint density at radius 1 is 1.30 bits per heavy atom.